The van der Waals surface area contributed by atoms with Crippen LogP contribution in [0.3, 0.4) is 0 Å². The maximum absolute atomic E-state index is 11.1. The zero-order valence-corrected chi connectivity index (χ0v) is 19.1. The van der Waals surface area contributed by atoms with Gasteiger partial charge in [-0.05, 0) is 46.7 Å². The van der Waals surface area contributed by atoms with E-state index in [1.165, 1.54) is 10.9 Å². The summed E-state index contributed by atoms with van der Waals surface area (Å²) in [6.45, 7) is 4.34. The van der Waals surface area contributed by atoms with Crippen LogP contribution in [0.25, 0.3) is 22.0 Å². The van der Waals surface area contributed by atoms with Crippen molar-refractivity contribution in [2.75, 3.05) is 33.3 Å². The minimum absolute atomic E-state index is 0.441. The summed E-state index contributed by atoms with van der Waals surface area (Å²) in [7, 11) is 1.58. The Morgan fingerprint density at radius 2 is 1.85 bits per heavy atom. The topological polar surface area (TPSA) is 83.6 Å². The fourth-order valence-corrected chi connectivity index (χ4v) is 4.30. The van der Waals surface area contributed by atoms with Crippen LogP contribution in [0.5, 0.6) is 11.6 Å². The molecule has 3 heterocycles. The molecule has 2 aromatic heterocycles. The summed E-state index contributed by atoms with van der Waals surface area (Å²) >= 11 is 0. The number of rotatable bonds is 8. The molecule has 8 nitrogen and oxygen atoms in total. The summed E-state index contributed by atoms with van der Waals surface area (Å²) in [6.07, 6.45) is 3.91. The maximum Gasteiger partial charge on any atom is 0.219 e. The Kier molecular flexibility index (Phi) is 6.62. The van der Waals surface area contributed by atoms with E-state index < -0.39 is 6.23 Å². The lowest BCUT2D eigenvalue weighted by molar-refractivity contribution is -0.129. The van der Waals surface area contributed by atoms with Gasteiger partial charge in [-0.25, -0.2) is 4.98 Å². The highest BCUT2D eigenvalue weighted by atomic mass is 16.5. The van der Waals surface area contributed by atoms with Gasteiger partial charge in [0.15, 0.2) is 12.5 Å². The Bertz CT molecular complexity index is 1240. The number of pyridine rings is 1. The lowest BCUT2D eigenvalue weighted by atomic mass is 10.1. The molecular weight excluding hydrogens is 430 g/mol. The standard InChI is InChI=1S/C26H27N5O3/c1-33-26(18-32)31-12-10-30(11-13-31)17-19-2-3-21-15-23(6-4-20(21)14-19)34-25-7-5-22(16-27-25)24-8-9-28-29-24/h2-9,14-16,18,26H,10-13,17H2,1H3,(H,28,29)/t26-/m0/s1. The Morgan fingerprint density at radius 1 is 1.03 bits per heavy atom. The van der Waals surface area contributed by atoms with E-state index in [9.17, 15) is 4.79 Å². The van der Waals surface area contributed by atoms with Gasteiger partial charge >= 0.3 is 0 Å². The summed E-state index contributed by atoms with van der Waals surface area (Å²) in [5.74, 6) is 1.30. The van der Waals surface area contributed by atoms with Crippen molar-refractivity contribution < 1.29 is 14.3 Å². The molecule has 174 valence electrons. The van der Waals surface area contributed by atoms with E-state index in [-0.39, 0.29) is 0 Å². The van der Waals surface area contributed by atoms with Crippen molar-refractivity contribution in [3.8, 4) is 22.9 Å². The lowest BCUT2D eigenvalue weighted by Crippen LogP contribution is -2.51. The maximum atomic E-state index is 11.1. The normalized spacial score (nSPS) is 15.9. The van der Waals surface area contributed by atoms with E-state index in [1.54, 1.807) is 19.5 Å². The van der Waals surface area contributed by atoms with E-state index in [0.29, 0.717) is 5.88 Å². The summed E-state index contributed by atoms with van der Waals surface area (Å²) < 4.78 is 11.2. The van der Waals surface area contributed by atoms with Gasteiger partial charge in [-0.3, -0.25) is 19.7 Å². The number of fused-ring (bicyclic) bond motifs is 1. The summed E-state index contributed by atoms with van der Waals surface area (Å²) in [5, 5.41) is 9.19. The van der Waals surface area contributed by atoms with Crippen LogP contribution in [-0.2, 0) is 16.1 Å². The number of piperazine rings is 1. The number of aromatic nitrogens is 3. The van der Waals surface area contributed by atoms with E-state index in [2.05, 4.69) is 49.2 Å². The Hall–Kier alpha value is -3.59. The molecule has 1 N–H and O–H groups in total. The van der Waals surface area contributed by atoms with Crippen molar-refractivity contribution in [2.24, 2.45) is 0 Å². The zero-order chi connectivity index (χ0) is 23.3. The molecule has 0 amide bonds. The van der Waals surface area contributed by atoms with Crippen molar-refractivity contribution in [1.82, 2.24) is 25.0 Å². The smallest absolute Gasteiger partial charge is 0.219 e. The molecule has 0 bridgehead atoms. The summed E-state index contributed by atoms with van der Waals surface area (Å²) in [6, 6.07) is 18.3. The fourth-order valence-electron chi connectivity index (χ4n) is 4.30. The zero-order valence-electron chi connectivity index (χ0n) is 19.1. The number of aromatic amines is 1. The van der Waals surface area contributed by atoms with Gasteiger partial charge < -0.3 is 9.47 Å². The van der Waals surface area contributed by atoms with Crippen molar-refractivity contribution in [1.29, 1.82) is 0 Å². The Morgan fingerprint density at radius 3 is 2.56 bits per heavy atom. The van der Waals surface area contributed by atoms with Crippen molar-refractivity contribution in [3.05, 3.63) is 72.6 Å². The first-order valence-electron chi connectivity index (χ1n) is 11.3. The van der Waals surface area contributed by atoms with Crippen LogP contribution in [0.2, 0.25) is 0 Å². The minimum atomic E-state index is -0.441. The van der Waals surface area contributed by atoms with Crippen LogP contribution < -0.4 is 4.74 Å². The first-order valence-corrected chi connectivity index (χ1v) is 11.3. The molecule has 0 saturated carbocycles. The molecule has 5 rings (SSSR count). The van der Waals surface area contributed by atoms with Crippen LogP contribution in [0.15, 0.2) is 67.0 Å². The second kappa shape index (κ2) is 10.1. The number of hydrogen-bond acceptors (Lipinski definition) is 7. The quantitative estimate of drug-likeness (QED) is 0.404. The third-order valence-corrected chi connectivity index (χ3v) is 6.18. The van der Waals surface area contributed by atoms with Gasteiger partial charge in [-0.1, -0.05) is 18.2 Å². The van der Waals surface area contributed by atoms with Crippen LogP contribution >= 0.6 is 0 Å². The molecule has 0 unspecified atom stereocenters. The number of hydrogen-bond donors (Lipinski definition) is 1. The number of H-pyrrole nitrogens is 1. The molecule has 0 spiro atoms. The first kappa shape index (κ1) is 22.2. The highest BCUT2D eigenvalue weighted by Crippen LogP contribution is 2.27. The van der Waals surface area contributed by atoms with Gasteiger partial charge in [0, 0.05) is 63.9 Å². The van der Waals surface area contributed by atoms with Crippen LogP contribution in [0, 0.1) is 0 Å². The highest BCUT2D eigenvalue weighted by Gasteiger charge is 2.23. The van der Waals surface area contributed by atoms with Crippen LogP contribution in [-0.4, -0.2) is 70.8 Å². The van der Waals surface area contributed by atoms with E-state index in [0.717, 1.165) is 61.4 Å². The third kappa shape index (κ3) is 4.99. The largest absolute Gasteiger partial charge is 0.439 e. The van der Waals surface area contributed by atoms with Crippen molar-refractivity contribution >= 4 is 17.1 Å². The Balaban J connectivity index is 1.21. The average molecular weight is 458 g/mol. The fraction of sp³-hybridized carbons (Fsp3) is 0.269. The molecule has 34 heavy (non-hydrogen) atoms. The molecule has 0 radical (unpaired) electrons. The number of nitrogens with one attached hydrogen (secondary N) is 1. The minimum Gasteiger partial charge on any atom is -0.439 e. The molecule has 4 aromatic rings. The highest BCUT2D eigenvalue weighted by molar-refractivity contribution is 5.84. The molecule has 1 saturated heterocycles. The van der Waals surface area contributed by atoms with Gasteiger partial charge in [-0.15, -0.1) is 0 Å². The molecular formula is C26H27N5O3. The number of aldehydes is 1. The molecule has 0 aliphatic carbocycles. The van der Waals surface area contributed by atoms with E-state index in [1.807, 2.05) is 30.3 Å². The van der Waals surface area contributed by atoms with Gasteiger partial charge in [0.2, 0.25) is 5.88 Å². The van der Waals surface area contributed by atoms with E-state index in [4.69, 9.17) is 9.47 Å². The SMILES string of the molecule is CO[C@@H](C=O)N1CCN(Cc2ccc3cc(Oc4ccc(-c5ccn[nH]5)cn4)ccc3c2)CC1. The number of ether oxygens (including phenoxy) is 2. The van der Waals surface area contributed by atoms with E-state index >= 15 is 0 Å². The molecule has 1 aliphatic rings. The van der Waals surface area contributed by atoms with Crippen LogP contribution in [0.4, 0.5) is 0 Å². The molecule has 1 atom stereocenters. The first-order chi connectivity index (χ1) is 16.7. The molecule has 1 fully saturated rings. The predicted octanol–water partition coefficient (Wildman–Crippen LogP) is 3.71. The predicted molar refractivity (Wildman–Crippen MR) is 130 cm³/mol. The number of carbonyl (C=O) groups excluding carboxylic acids is 1. The van der Waals surface area contributed by atoms with Gasteiger partial charge in [0.05, 0.1) is 5.69 Å². The number of nitrogens with zero attached hydrogens (tertiary/aromatic N) is 4. The van der Waals surface area contributed by atoms with Crippen molar-refractivity contribution in [3.63, 3.8) is 0 Å². The second-order valence-corrected chi connectivity index (χ2v) is 8.38. The van der Waals surface area contributed by atoms with Crippen LogP contribution in [0.1, 0.15) is 5.56 Å². The van der Waals surface area contributed by atoms with Gasteiger partial charge in [0.25, 0.3) is 0 Å². The molecule has 1 aliphatic heterocycles. The monoisotopic (exact) mass is 457 g/mol. The third-order valence-electron chi connectivity index (χ3n) is 6.18. The second-order valence-electron chi connectivity index (χ2n) is 8.38. The Labute approximate surface area is 198 Å². The molecule has 2 aromatic carbocycles. The van der Waals surface area contributed by atoms with Crippen molar-refractivity contribution in [2.45, 2.75) is 12.8 Å². The number of benzene rings is 2. The average Bonchev–Trinajstić information content (AvgIpc) is 3.41. The molecule has 8 heteroatoms. The lowest BCUT2D eigenvalue weighted by Gasteiger charge is -2.36. The number of carbonyl (C=O) groups is 1. The summed E-state index contributed by atoms with van der Waals surface area (Å²) in [5.41, 5.74) is 3.14. The van der Waals surface area contributed by atoms with Gasteiger partial charge in [-0.2, -0.15) is 5.10 Å². The summed E-state index contributed by atoms with van der Waals surface area (Å²) in [4.78, 5) is 20.0. The van der Waals surface area contributed by atoms with Gasteiger partial charge in [0.1, 0.15) is 5.75 Å². The number of methoxy groups -OCH3 is 1.